The van der Waals surface area contributed by atoms with Crippen molar-refractivity contribution in [1.29, 1.82) is 0 Å². The molecule has 2 heterocycles. The van der Waals surface area contributed by atoms with Crippen LogP contribution in [0.25, 0.3) is 5.57 Å². The lowest BCUT2D eigenvalue weighted by Crippen LogP contribution is -2.49. The summed E-state index contributed by atoms with van der Waals surface area (Å²) in [4.78, 5) is 29.0. The highest BCUT2D eigenvalue weighted by molar-refractivity contribution is 5.95. The number of hydrogen-bond donors (Lipinski definition) is 0. The highest BCUT2D eigenvalue weighted by Crippen LogP contribution is 2.21. The van der Waals surface area contributed by atoms with Crippen molar-refractivity contribution < 1.29 is 14.3 Å². The van der Waals surface area contributed by atoms with Gasteiger partial charge in [-0.1, -0.05) is 30.3 Å². The molecule has 2 saturated heterocycles. The van der Waals surface area contributed by atoms with Crippen LogP contribution in [0.3, 0.4) is 0 Å². The summed E-state index contributed by atoms with van der Waals surface area (Å²) < 4.78 is 5.32. The van der Waals surface area contributed by atoms with E-state index in [4.69, 9.17) is 4.74 Å². The molecule has 0 saturated carbocycles. The van der Waals surface area contributed by atoms with Crippen LogP contribution < -0.4 is 0 Å². The quantitative estimate of drug-likeness (QED) is 0.791. The summed E-state index contributed by atoms with van der Waals surface area (Å²) in [6.07, 6.45) is 3.43. The summed E-state index contributed by atoms with van der Waals surface area (Å²) in [6.45, 7) is 5.75. The molecule has 2 fully saturated rings. The third-order valence-electron chi connectivity index (χ3n) is 4.97. The van der Waals surface area contributed by atoms with Gasteiger partial charge in [0.2, 0.25) is 11.8 Å². The molecule has 5 heteroatoms. The summed E-state index contributed by atoms with van der Waals surface area (Å²) in [7, 11) is 0. The van der Waals surface area contributed by atoms with Crippen LogP contribution in [-0.2, 0) is 14.3 Å². The molecule has 0 aromatic heterocycles. The van der Waals surface area contributed by atoms with Gasteiger partial charge >= 0.3 is 0 Å². The second-order valence-electron chi connectivity index (χ2n) is 6.75. The van der Waals surface area contributed by atoms with Gasteiger partial charge < -0.3 is 14.5 Å². The predicted octanol–water partition coefficient (Wildman–Crippen LogP) is 2.19. The lowest BCUT2D eigenvalue weighted by molar-refractivity contribution is -0.143. The maximum absolute atomic E-state index is 12.7. The Hall–Kier alpha value is -2.14. The Morgan fingerprint density at radius 1 is 1.08 bits per heavy atom. The van der Waals surface area contributed by atoms with Crippen molar-refractivity contribution in [2.24, 2.45) is 5.92 Å². The van der Waals surface area contributed by atoms with Crippen molar-refractivity contribution in [3.63, 3.8) is 0 Å². The number of piperidine rings is 1. The molecule has 0 N–H and O–H groups in total. The molecule has 25 heavy (non-hydrogen) atoms. The van der Waals surface area contributed by atoms with E-state index < -0.39 is 0 Å². The number of nitrogens with zero attached hydrogens (tertiary/aromatic N) is 2. The van der Waals surface area contributed by atoms with E-state index in [-0.39, 0.29) is 17.7 Å². The van der Waals surface area contributed by atoms with Crippen LogP contribution in [0, 0.1) is 5.92 Å². The number of carbonyl (C=O) groups is 2. The van der Waals surface area contributed by atoms with Crippen molar-refractivity contribution in [2.45, 2.75) is 19.8 Å². The number of hydrogen-bond acceptors (Lipinski definition) is 3. The topological polar surface area (TPSA) is 49.9 Å². The van der Waals surface area contributed by atoms with Crippen molar-refractivity contribution in [3.05, 3.63) is 42.0 Å². The number of allylic oxidation sites excluding steroid dienone is 1. The highest BCUT2D eigenvalue weighted by atomic mass is 16.5. The highest BCUT2D eigenvalue weighted by Gasteiger charge is 2.31. The Bertz CT molecular complexity index is 636. The van der Waals surface area contributed by atoms with Crippen molar-refractivity contribution in [1.82, 2.24) is 9.80 Å². The van der Waals surface area contributed by atoms with Crippen molar-refractivity contribution in [2.75, 3.05) is 39.4 Å². The number of likely N-dealkylation sites (tertiary alicyclic amines) is 1. The van der Waals surface area contributed by atoms with Crippen LogP contribution in [0.4, 0.5) is 0 Å². The molecular weight excluding hydrogens is 316 g/mol. The van der Waals surface area contributed by atoms with Crippen LogP contribution in [0.1, 0.15) is 25.3 Å². The zero-order chi connectivity index (χ0) is 17.6. The monoisotopic (exact) mass is 342 g/mol. The average molecular weight is 342 g/mol. The van der Waals surface area contributed by atoms with Gasteiger partial charge in [0.15, 0.2) is 0 Å². The summed E-state index contributed by atoms with van der Waals surface area (Å²) in [5.74, 6) is 0.0895. The standard InChI is InChI=1S/C20H26N2O3/c1-16(17-6-3-2-4-7-17)14-19(23)22-9-5-8-18(15-22)20(24)21-10-12-25-13-11-21/h2-4,6-7,14,18H,5,8-13,15H2,1H3/b16-14-/t18-/m0/s1. The molecule has 5 nitrogen and oxygen atoms in total. The molecule has 0 aliphatic carbocycles. The van der Waals surface area contributed by atoms with Crippen LogP contribution in [0.15, 0.2) is 36.4 Å². The zero-order valence-corrected chi connectivity index (χ0v) is 14.8. The lowest BCUT2D eigenvalue weighted by atomic mass is 9.96. The third-order valence-corrected chi connectivity index (χ3v) is 4.97. The molecule has 0 spiro atoms. The second kappa shape index (κ2) is 8.30. The van der Waals surface area contributed by atoms with Gasteiger partial charge in [-0.2, -0.15) is 0 Å². The minimum Gasteiger partial charge on any atom is -0.378 e. The average Bonchev–Trinajstić information content (AvgIpc) is 2.68. The minimum atomic E-state index is -0.0822. The van der Waals surface area contributed by atoms with Gasteiger partial charge in [-0.25, -0.2) is 0 Å². The first-order chi connectivity index (χ1) is 12.1. The molecule has 2 aliphatic rings. The first-order valence-corrected chi connectivity index (χ1v) is 9.04. The first-order valence-electron chi connectivity index (χ1n) is 9.04. The fraction of sp³-hybridized carbons (Fsp3) is 0.500. The molecule has 134 valence electrons. The van der Waals surface area contributed by atoms with E-state index in [9.17, 15) is 9.59 Å². The molecule has 0 bridgehead atoms. The predicted molar refractivity (Wildman–Crippen MR) is 96.8 cm³/mol. The molecule has 2 amide bonds. The molecular formula is C20H26N2O3. The van der Waals surface area contributed by atoms with Crippen LogP contribution in [-0.4, -0.2) is 61.0 Å². The van der Waals surface area contributed by atoms with Gasteiger partial charge in [-0.05, 0) is 30.9 Å². The number of ether oxygens (including phenoxy) is 1. The van der Waals surface area contributed by atoms with Gasteiger partial charge in [-0.3, -0.25) is 9.59 Å². The van der Waals surface area contributed by atoms with Crippen molar-refractivity contribution in [3.8, 4) is 0 Å². The number of morpholine rings is 1. The third kappa shape index (κ3) is 4.48. The summed E-state index contributed by atoms with van der Waals surface area (Å²) in [6, 6.07) is 9.90. The van der Waals surface area contributed by atoms with Crippen molar-refractivity contribution >= 4 is 17.4 Å². The van der Waals surface area contributed by atoms with Crippen LogP contribution in [0.2, 0.25) is 0 Å². The Morgan fingerprint density at radius 2 is 1.80 bits per heavy atom. The van der Waals surface area contributed by atoms with E-state index in [2.05, 4.69) is 0 Å². The second-order valence-corrected chi connectivity index (χ2v) is 6.75. The molecule has 1 aromatic carbocycles. The maximum atomic E-state index is 12.7. The SMILES string of the molecule is C/C(=C/C(=O)N1CCC[C@H](C(=O)N2CCOCC2)C1)c1ccccc1. The van der Waals surface area contributed by atoms with Gasteiger partial charge in [0.25, 0.3) is 0 Å². The van der Waals surface area contributed by atoms with Crippen LogP contribution >= 0.6 is 0 Å². The van der Waals surface area contributed by atoms with Gasteiger partial charge in [-0.15, -0.1) is 0 Å². The van der Waals surface area contributed by atoms with Gasteiger partial charge in [0, 0.05) is 32.3 Å². The molecule has 0 unspecified atom stereocenters. The summed E-state index contributed by atoms with van der Waals surface area (Å²) >= 11 is 0. The number of amides is 2. The zero-order valence-electron chi connectivity index (χ0n) is 14.8. The summed E-state index contributed by atoms with van der Waals surface area (Å²) in [5.41, 5.74) is 2.00. The minimum absolute atomic E-state index is 0.000769. The van der Waals surface area contributed by atoms with Crippen LogP contribution in [0.5, 0.6) is 0 Å². The number of carbonyl (C=O) groups excluding carboxylic acids is 2. The Labute approximate surface area is 149 Å². The van der Waals surface area contributed by atoms with E-state index in [1.807, 2.05) is 47.1 Å². The fourth-order valence-electron chi connectivity index (χ4n) is 3.48. The van der Waals surface area contributed by atoms with E-state index in [1.54, 1.807) is 6.08 Å². The molecule has 3 rings (SSSR count). The Kier molecular flexibility index (Phi) is 5.87. The normalized spacial score (nSPS) is 22.0. The maximum Gasteiger partial charge on any atom is 0.246 e. The molecule has 2 aliphatic heterocycles. The molecule has 0 radical (unpaired) electrons. The molecule has 1 aromatic rings. The van der Waals surface area contributed by atoms with E-state index in [0.717, 1.165) is 30.5 Å². The van der Waals surface area contributed by atoms with E-state index in [1.165, 1.54) is 0 Å². The van der Waals surface area contributed by atoms with E-state index >= 15 is 0 Å². The lowest BCUT2D eigenvalue weighted by Gasteiger charge is -2.36. The smallest absolute Gasteiger partial charge is 0.246 e. The first kappa shape index (κ1) is 17.7. The largest absolute Gasteiger partial charge is 0.378 e. The summed E-state index contributed by atoms with van der Waals surface area (Å²) in [5, 5.41) is 0. The number of benzene rings is 1. The Balaban J connectivity index is 1.62. The molecule has 1 atom stereocenters. The van der Waals surface area contributed by atoms with Gasteiger partial charge in [0.05, 0.1) is 19.1 Å². The Morgan fingerprint density at radius 3 is 2.52 bits per heavy atom. The number of rotatable bonds is 3. The van der Waals surface area contributed by atoms with Gasteiger partial charge in [0.1, 0.15) is 0 Å². The fourth-order valence-corrected chi connectivity index (χ4v) is 3.48. The van der Waals surface area contributed by atoms with E-state index in [0.29, 0.717) is 32.8 Å².